The SMILES string of the molecule is Cc1coc(C=Cc2ccc(C(F)(F)F)cc2)n1. The third kappa shape index (κ3) is 3.00. The summed E-state index contributed by atoms with van der Waals surface area (Å²) >= 11 is 0. The molecule has 0 amide bonds. The minimum absolute atomic E-state index is 0.424. The molecule has 0 aliphatic rings. The van der Waals surface area contributed by atoms with E-state index in [1.165, 1.54) is 18.4 Å². The van der Waals surface area contributed by atoms with E-state index < -0.39 is 11.7 Å². The predicted molar refractivity (Wildman–Crippen MR) is 61.6 cm³/mol. The van der Waals surface area contributed by atoms with Gasteiger partial charge in [-0.25, -0.2) is 4.98 Å². The first-order valence-electron chi connectivity index (χ1n) is 5.22. The van der Waals surface area contributed by atoms with Crippen LogP contribution in [0.1, 0.15) is 22.7 Å². The number of hydrogen-bond donors (Lipinski definition) is 0. The molecule has 0 aliphatic carbocycles. The molecule has 2 aromatic rings. The summed E-state index contributed by atoms with van der Waals surface area (Å²) in [5.74, 6) is 0.424. The van der Waals surface area contributed by atoms with E-state index in [2.05, 4.69) is 4.98 Å². The third-order valence-electron chi connectivity index (χ3n) is 2.29. The van der Waals surface area contributed by atoms with Gasteiger partial charge in [0, 0.05) is 6.08 Å². The Balaban J connectivity index is 2.13. The number of rotatable bonds is 2. The number of oxazole rings is 1. The Morgan fingerprint density at radius 1 is 1.11 bits per heavy atom. The summed E-state index contributed by atoms with van der Waals surface area (Å²) < 4.78 is 42.1. The molecule has 1 heterocycles. The fourth-order valence-corrected chi connectivity index (χ4v) is 1.40. The number of aryl methyl sites for hydroxylation is 1. The molecule has 1 aromatic heterocycles. The Morgan fingerprint density at radius 3 is 2.28 bits per heavy atom. The highest BCUT2D eigenvalue weighted by molar-refractivity contribution is 5.66. The zero-order valence-electron chi connectivity index (χ0n) is 9.53. The van der Waals surface area contributed by atoms with Crippen LogP contribution in [0.3, 0.4) is 0 Å². The van der Waals surface area contributed by atoms with Crippen molar-refractivity contribution >= 4 is 12.2 Å². The summed E-state index contributed by atoms with van der Waals surface area (Å²) in [6.45, 7) is 1.79. The van der Waals surface area contributed by atoms with Crippen molar-refractivity contribution in [1.29, 1.82) is 0 Å². The zero-order chi connectivity index (χ0) is 13.2. The van der Waals surface area contributed by atoms with Gasteiger partial charge in [0.2, 0.25) is 5.89 Å². The van der Waals surface area contributed by atoms with Gasteiger partial charge in [0.15, 0.2) is 0 Å². The average molecular weight is 253 g/mol. The van der Waals surface area contributed by atoms with Crippen LogP contribution in [0.25, 0.3) is 12.2 Å². The van der Waals surface area contributed by atoms with E-state index in [0.29, 0.717) is 11.5 Å². The number of benzene rings is 1. The normalized spacial score (nSPS) is 12.2. The van der Waals surface area contributed by atoms with Crippen molar-refractivity contribution in [3.8, 4) is 0 Å². The first-order valence-corrected chi connectivity index (χ1v) is 5.22. The van der Waals surface area contributed by atoms with Crippen molar-refractivity contribution < 1.29 is 17.6 Å². The maximum absolute atomic E-state index is 12.3. The van der Waals surface area contributed by atoms with Crippen molar-refractivity contribution in [3.63, 3.8) is 0 Å². The zero-order valence-corrected chi connectivity index (χ0v) is 9.53. The van der Waals surface area contributed by atoms with E-state index in [1.54, 1.807) is 19.1 Å². The quantitative estimate of drug-likeness (QED) is 0.802. The van der Waals surface area contributed by atoms with Gasteiger partial charge < -0.3 is 4.42 Å². The van der Waals surface area contributed by atoms with Crippen LogP contribution >= 0.6 is 0 Å². The molecule has 18 heavy (non-hydrogen) atoms. The first-order chi connectivity index (χ1) is 8.45. The monoisotopic (exact) mass is 253 g/mol. The van der Waals surface area contributed by atoms with Gasteiger partial charge in [0.05, 0.1) is 11.3 Å². The van der Waals surface area contributed by atoms with Crippen LogP contribution in [0.15, 0.2) is 34.9 Å². The van der Waals surface area contributed by atoms with Crippen LogP contribution in [0.4, 0.5) is 13.2 Å². The first kappa shape index (κ1) is 12.4. The van der Waals surface area contributed by atoms with Gasteiger partial charge in [-0.2, -0.15) is 13.2 Å². The third-order valence-corrected chi connectivity index (χ3v) is 2.29. The maximum Gasteiger partial charge on any atom is 0.416 e. The Hall–Kier alpha value is -2.04. The van der Waals surface area contributed by atoms with Gasteiger partial charge in [-0.05, 0) is 30.7 Å². The van der Waals surface area contributed by atoms with Crippen LogP contribution in [0, 0.1) is 6.92 Å². The number of halogens is 3. The van der Waals surface area contributed by atoms with E-state index in [-0.39, 0.29) is 0 Å². The van der Waals surface area contributed by atoms with Gasteiger partial charge in [-0.1, -0.05) is 12.1 Å². The minimum Gasteiger partial charge on any atom is -0.445 e. The second-order valence-corrected chi connectivity index (χ2v) is 3.78. The standard InChI is InChI=1S/C13H10F3NO/c1-9-8-18-12(17-9)7-4-10-2-5-11(6-3-10)13(14,15)16/h2-8H,1H3. The molecule has 0 spiro atoms. The lowest BCUT2D eigenvalue weighted by molar-refractivity contribution is -0.137. The molecule has 0 aliphatic heterocycles. The van der Waals surface area contributed by atoms with Gasteiger partial charge in [-0.15, -0.1) is 0 Å². The van der Waals surface area contributed by atoms with E-state index in [4.69, 9.17) is 4.42 Å². The highest BCUT2D eigenvalue weighted by Gasteiger charge is 2.29. The number of hydrogen-bond acceptors (Lipinski definition) is 2. The van der Waals surface area contributed by atoms with Gasteiger partial charge in [0.1, 0.15) is 6.26 Å². The summed E-state index contributed by atoms with van der Waals surface area (Å²) in [4.78, 5) is 4.05. The van der Waals surface area contributed by atoms with Crippen molar-refractivity contribution in [2.75, 3.05) is 0 Å². The van der Waals surface area contributed by atoms with E-state index >= 15 is 0 Å². The summed E-state index contributed by atoms with van der Waals surface area (Å²) in [5.41, 5.74) is 0.743. The van der Waals surface area contributed by atoms with Crippen LogP contribution in [0.5, 0.6) is 0 Å². The topological polar surface area (TPSA) is 26.0 Å². The Morgan fingerprint density at radius 2 is 1.78 bits per heavy atom. The van der Waals surface area contributed by atoms with Crippen LogP contribution in [-0.4, -0.2) is 4.98 Å². The fraction of sp³-hybridized carbons (Fsp3) is 0.154. The average Bonchev–Trinajstić information content (AvgIpc) is 2.72. The summed E-state index contributed by atoms with van der Waals surface area (Å²) in [6.07, 6.45) is 0.454. The smallest absolute Gasteiger partial charge is 0.416 e. The van der Waals surface area contributed by atoms with Gasteiger partial charge >= 0.3 is 6.18 Å². The van der Waals surface area contributed by atoms with Gasteiger partial charge in [-0.3, -0.25) is 0 Å². The molecule has 0 atom stereocenters. The molecule has 0 N–H and O–H groups in total. The van der Waals surface area contributed by atoms with E-state index in [9.17, 15) is 13.2 Å². The number of nitrogens with zero attached hydrogens (tertiary/aromatic N) is 1. The highest BCUT2D eigenvalue weighted by Crippen LogP contribution is 2.29. The molecule has 2 rings (SSSR count). The van der Waals surface area contributed by atoms with Crippen molar-refractivity contribution in [3.05, 3.63) is 53.2 Å². The summed E-state index contributed by atoms with van der Waals surface area (Å²) in [6, 6.07) is 4.88. The lowest BCUT2D eigenvalue weighted by Gasteiger charge is -2.05. The van der Waals surface area contributed by atoms with E-state index in [0.717, 1.165) is 17.8 Å². The molecule has 1 aromatic carbocycles. The molecule has 0 saturated heterocycles. The molecule has 0 unspecified atom stereocenters. The molecule has 94 valence electrons. The second-order valence-electron chi connectivity index (χ2n) is 3.78. The molecule has 2 nitrogen and oxygen atoms in total. The number of alkyl halides is 3. The molecule has 0 fully saturated rings. The molecule has 5 heteroatoms. The Labute approximate surface area is 102 Å². The summed E-state index contributed by atoms with van der Waals surface area (Å²) in [5, 5.41) is 0. The minimum atomic E-state index is -4.30. The van der Waals surface area contributed by atoms with Crippen LogP contribution in [0.2, 0.25) is 0 Å². The van der Waals surface area contributed by atoms with E-state index in [1.807, 2.05) is 0 Å². The van der Waals surface area contributed by atoms with Crippen molar-refractivity contribution in [1.82, 2.24) is 4.98 Å². The molecular formula is C13H10F3NO. The second kappa shape index (κ2) is 4.68. The molecule has 0 bridgehead atoms. The predicted octanol–water partition coefficient (Wildman–Crippen LogP) is 4.17. The lowest BCUT2D eigenvalue weighted by Crippen LogP contribution is -2.03. The largest absolute Gasteiger partial charge is 0.445 e. The van der Waals surface area contributed by atoms with Crippen molar-refractivity contribution in [2.24, 2.45) is 0 Å². The summed E-state index contributed by atoms with van der Waals surface area (Å²) in [7, 11) is 0. The van der Waals surface area contributed by atoms with Crippen molar-refractivity contribution in [2.45, 2.75) is 13.1 Å². The molecule has 0 radical (unpaired) electrons. The maximum atomic E-state index is 12.3. The molecular weight excluding hydrogens is 243 g/mol. The van der Waals surface area contributed by atoms with Crippen LogP contribution < -0.4 is 0 Å². The Bertz CT molecular complexity index is 552. The fourth-order valence-electron chi connectivity index (χ4n) is 1.40. The Kier molecular flexibility index (Phi) is 3.23. The van der Waals surface area contributed by atoms with Crippen LogP contribution in [-0.2, 0) is 6.18 Å². The number of aromatic nitrogens is 1. The lowest BCUT2D eigenvalue weighted by atomic mass is 10.1. The van der Waals surface area contributed by atoms with Gasteiger partial charge in [0.25, 0.3) is 0 Å². The highest BCUT2D eigenvalue weighted by atomic mass is 19.4. The molecule has 0 saturated carbocycles.